The van der Waals surface area contributed by atoms with E-state index in [0.29, 0.717) is 25.1 Å². The smallest absolute Gasteiger partial charge is 0.407 e. The number of nitrogens with one attached hydrogen (secondary N) is 1. The number of carbonyl (C=O) groups is 2. The highest BCUT2D eigenvalue weighted by molar-refractivity contribution is 7.17. The SMILES string of the molecule is Cc1cc(-c2ccc(C3CCN(CC4CCCCO4)CC3)cc2)sc1C(=O)N1CC[C@H](NC(=O)OC(C)(C)C)C1. The Balaban J connectivity index is 1.14. The standard InChI is InChI=1S/C32H45N3O4S/c1-22-19-28(40-29(22)30(36)35-17-14-26(20-35)33-31(37)39-32(2,3)4)25-10-8-23(9-11-25)24-12-15-34(16-13-24)21-27-7-5-6-18-38-27/h8-11,19,24,26-27H,5-7,12-18,20-21H2,1-4H3,(H,33,37)/t26-,27?/m0/s1. The Labute approximate surface area is 243 Å². The Morgan fingerprint density at radius 2 is 1.80 bits per heavy atom. The minimum absolute atomic E-state index is 0.0456. The molecule has 0 radical (unpaired) electrons. The van der Waals surface area contributed by atoms with Gasteiger partial charge in [-0.15, -0.1) is 11.3 Å². The maximum Gasteiger partial charge on any atom is 0.407 e. The third-order valence-electron chi connectivity index (χ3n) is 8.30. The molecule has 0 bridgehead atoms. The number of likely N-dealkylation sites (tertiary alicyclic amines) is 2. The van der Waals surface area contributed by atoms with E-state index in [1.165, 1.54) is 37.7 Å². The number of ether oxygens (including phenoxy) is 2. The van der Waals surface area contributed by atoms with Gasteiger partial charge in [0.2, 0.25) is 0 Å². The predicted molar refractivity (Wildman–Crippen MR) is 160 cm³/mol. The number of thiophene rings is 1. The second-order valence-corrected chi connectivity index (χ2v) is 13.7. The number of carbonyl (C=O) groups excluding carboxylic acids is 2. The van der Waals surface area contributed by atoms with Crippen molar-refractivity contribution in [1.82, 2.24) is 15.1 Å². The number of hydrogen-bond acceptors (Lipinski definition) is 6. The van der Waals surface area contributed by atoms with Gasteiger partial charge in [-0.05, 0) is 108 Å². The number of rotatable bonds is 6. The number of alkyl carbamates (subject to hydrolysis) is 1. The number of benzene rings is 1. The highest BCUT2D eigenvalue weighted by Crippen LogP contribution is 2.35. The molecule has 0 aliphatic carbocycles. The lowest BCUT2D eigenvalue weighted by atomic mass is 9.88. The van der Waals surface area contributed by atoms with Crippen molar-refractivity contribution in [2.75, 3.05) is 39.3 Å². The first kappa shape index (κ1) is 29.1. The number of amides is 2. The van der Waals surface area contributed by atoms with E-state index in [0.717, 1.165) is 53.5 Å². The Bertz CT molecular complexity index is 1160. The summed E-state index contributed by atoms with van der Waals surface area (Å²) in [5, 5.41) is 2.91. The van der Waals surface area contributed by atoms with E-state index in [2.05, 4.69) is 40.5 Å². The summed E-state index contributed by atoms with van der Waals surface area (Å²) < 4.78 is 11.3. The Morgan fingerprint density at radius 1 is 1.05 bits per heavy atom. The maximum absolute atomic E-state index is 13.4. The van der Waals surface area contributed by atoms with Gasteiger partial charge in [-0.1, -0.05) is 24.3 Å². The van der Waals surface area contributed by atoms with Crippen molar-refractivity contribution in [2.45, 2.75) is 89.9 Å². The minimum Gasteiger partial charge on any atom is -0.444 e. The molecule has 40 heavy (non-hydrogen) atoms. The second kappa shape index (κ2) is 12.6. The molecule has 8 heteroatoms. The molecule has 3 saturated heterocycles. The van der Waals surface area contributed by atoms with E-state index in [4.69, 9.17) is 9.47 Å². The first-order chi connectivity index (χ1) is 19.1. The van der Waals surface area contributed by atoms with Crippen LogP contribution in [0, 0.1) is 6.92 Å². The molecule has 3 aliphatic rings. The molecule has 0 saturated carbocycles. The van der Waals surface area contributed by atoms with Crippen LogP contribution in [0.1, 0.15) is 86.0 Å². The van der Waals surface area contributed by atoms with Crippen LogP contribution in [0.2, 0.25) is 0 Å². The molecule has 0 spiro atoms. The van der Waals surface area contributed by atoms with Crippen LogP contribution in [-0.2, 0) is 9.47 Å². The lowest BCUT2D eigenvalue weighted by molar-refractivity contribution is -0.00950. The summed E-state index contributed by atoms with van der Waals surface area (Å²) in [4.78, 5) is 31.9. The Morgan fingerprint density at radius 3 is 2.48 bits per heavy atom. The summed E-state index contributed by atoms with van der Waals surface area (Å²) >= 11 is 1.57. The zero-order chi connectivity index (χ0) is 28.3. The number of nitrogens with zero attached hydrogens (tertiary/aromatic N) is 2. The summed E-state index contributed by atoms with van der Waals surface area (Å²) in [5.41, 5.74) is 3.05. The van der Waals surface area contributed by atoms with Gasteiger partial charge in [0.15, 0.2) is 0 Å². The first-order valence-corrected chi connectivity index (χ1v) is 15.8. The molecule has 1 aromatic carbocycles. The van der Waals surface area contributed by atoms with Crippen molar-refractivity contribution < 1.29 is 19.1 Å². The Kier molecular flexibility index (Phi) is 9.18. The molecule has 5 rings (SSSR count). The molecule has 2 amide bonds. The molecule has 4 heterocycles. The van der Waals surface area contributed by atoms with Crippen LogP contribution in [0.25, 0.3) is 10.4 Å². The molecule has 1 N–H and O–H groups in total. The van der Waals surface area contributed by atoms with Crippen LogP contribution < -0.4 is 5.32 Å². The molecule has 2 atom stereocenters. The molecule has 1 aromatic heterocycles. The first-order valence-electron chi connectivity index (χ1n) is 15.0. The van der Waals surface area contributed by atoms with Gasteiger partial charge in [-0.3, -0.25) is 4.79 Å². The molecule has 3 fully saturated rings. The van der Waals surface area contributed by atoms with Crippen LogP contribution in [-0.4, -0.2) is 78.9 Å². The van der Waals surface area contributed by atoms with Gasteiger partial charge in [-0.25, -0.2) is 4.79 Å². The molecule has 3 aliphatic heterocycles. The van der Waals surface area contributed by atoms with E-state index in [1.54, 1.807) is 11.3 Å². The average Bonchev–Trinajstić information content (AvgIpc) is 3.55. The highest BCUT2D eigenvalue weighted by atomic mass is 32.1. The van der Waals surface area contributed by atoms with Gasteiger partial charge in [0.25, 0.3) is 5.91 Å². The van der Waals surface area contributed by atoms with E-state index in [-0.39, 0.29) is 11.9 Å². The number of piperidine rings is 1. The van der Waals surface area contributed by atoms with Crippen molar-refractivity contribution >= 4 is 23.3 Å². The zero-order valence-corrected chi connectivity index (χ0v) is 25.4. The van der Waals surface area contributed by atoms with Crippen molar-refractivity contribution in [3.8, 4) is 10.4 Å². The highest BCUT2D eigenvalue weighted by Gasteiger charge is 2.31. The van der Waals surface area contributed by atoms with Gasteiger partial charge < -0.3 is 24.6 Å². The fourth-order valence-electron chi connectivity index (χ4n) is 6.12. The largest absolute Gasteiger partial charge is 0.444 e. The maximum atomic E-state index is 13.4. The molecule has 1 unspecified atom stereocenters. The topological polar surface area (TPSA) is 71.1 Å². The van der Waals surface area contributed by atoms with Gasteiger partial charge >= 0.3 is 6.09 Å². The minimum atomic E-state index is -0.539. The van der Waals surface area contributed by atoms with E-state index < -0.39 is 11.7 Å². The van der Waals surface area contributed by atoms with E-state index in [9.17, 15) is 9.59 Å². The summed E-state index contributed by atoms with van der Waals surface area (Å²) in [6.07, 6.45) is 6.85. The molecule has 7 nitrogen and oxygen atoms in total. The molecular formula is C32H45N3O4S. The molecular weight excluding hydrogens is 522 g/mol. The van der Waals surface area contributed by atoms with Crippen LogP contribution >= 0.6 is 11.3 Å². The summed E-state index contributed by atoms with van der Waals surface area (Å²) in [6.45, 7) is 13.0. The monoisotopic (exact) mass is 567 g/mol. The van der Waals surface area contributed by atoms with Crippen molar-refractivity contribution in [3.63, 3.8) is 0 Å². The lowest BCUT2D eigenvalue weighted by Gasteiger charge is -2.35. The van der Waals surface area contributed by atoms with Crippen LogP contribution in [0.5, 0.6) is 0 Å². The van der Waals surface area contributed by atoms with Crippen molar-refractivity contribution in [2.24, 2.45) is 0 Å². The van der Waals surface area contributed by atoms with Gasteiger partial charge in [-0.2, -0.15) is 0 Å². The van der Waals surface area contributed by atoms with Crippen molar-refractivity contribution in [1.29, 1.82) is 0 Å². The van der Waals surface area contributed by atoms with Gasteiger partial charge in [0, 0.05) is 31.1 Å². The quantitative estimate of drug-likeness (QED) is 0.449. The van der Waals surface area contributed by atoms with Gasteiger partial charge in [0.05, 0.1) is 17.0 Å². The summed E-state index contributed by atoms with van der Waals surface area (Å²) in [6, 6.07) is 11.0. The summed E-state index contributed by atoms with van der Waals surface area (Å²) in [7, 11) is 0. The summed E-state index contributed by atoms with van der Waals surface area (Å²) in [5.74, 6) is 0.654. The number of hydrogen-bond donors (Lipinski definition) is 1. The predicted octanol–water partition coefficient (Wildman–Crippen LogP) is 6.21. The third kappa shape index (κ3) is 7.45. The van der Waals surface area contributed by atoms with Crippen molar-refractivity contribution in [3.05, 3.63) is 46.3 Å². The lowest BCUT2D eigenvalue weighted by Crippen LogP contribution is -2.41. The fraction of sp³-hybridized carbons (Fsp3) is 0.625. The van der Waals surface area contributed by atoms with Crippen LogP contribution in [0.15, 0.2) is 30.3 Å². The second-order valence-electron chi connectivity index (χ2n) is 12.7. The van der Waals surface area contributed by atoms with Crippen LogP contribution in [0.3, 0.4) is 0 Å². The van der Waals surface area contributed by atoms with Crippen LogP contribution in [0.4, 0.5) is 4.79 Å². The molecule has 2 aromatic rings. The number of aryl methyl sites for hydroxylation is 1. The average molecular weight is 568 g/mol. The van der Waals surface area contributed by atoms with E-state index in [1.807, 2.05) is 32.6 Å². The normalized spacial score (nSPS) is 22.9. The zero-order valence-electron chi connectivity index (χ0n) is 24.5. The molecule has 218 valence electrons. The Hall–Kier alpha value is -2.42. The third-order valence-corrected chi connectivity index (χ3v) is 9.57. The fourth-order valence-corrected chi connectivity index (χ4v) is 7.27. The van der Waals surface area contributed by atoms with E-state index >= 15 is 0 Å². The van der Waals surface area contributed by atoms with Gasteiger partial charge in [0.1, 0.15) is 5.60 Å².